The second kappa shape index (κ2) is 14.0. The first-order valence-electron chi connectivity index (χ1n) is 16.9. The van der Waals surface area contributed by atoms with Gasteiger partial charge in [0.15, 0.2) is 0 Å². The van der Waals surface area contributed by atoms with Crippen LogP contribution in [0.15, 0.2) is 152 Å². The number of rotatable bonds is 1. The fraction of sp³-hybridized carbons (Fsp3) is 0.133. The molecule has 238 valence electrons. The molecule has 7 aromatic rings. The van der Waals surface area contributed by atoms with Crippen LogP contribution in [0, 0.1) is 0 Å². The molecule has 0 N–H and O–H groups in total. The first-order chi connectivity index (χ1) is 24.1. The zero-order valence-corrected chi connectivity index (χ0v) is 28.0. The molecule has 0 aliphatic heterocycles. The van der Waals surface area contributed by atoms with Crippen LogP contribution in [0.1, 0.15) is 78.4 Å². The summed E-state index contributed by atoms with van der Waals surface area (Å²) in [6.45, 7) is 0. The summed E-state index contributed by atoms with van der Waals surface area (Å²) in [5.74, 6) is -0.189. The van der Waals surface area contributed by atoms with Crippen molar-refractivity contribution in [2.75, 3.05) is 0 Å². The predicted molar refractivity (Wildman–Crippen MR) is 198 cm³/mol. The van der Waals surface area contributed by atoms with Crippen LogP contribution in [0.3, 0.4) is 0 Å². The van der Waals surface area contributed by atoms with Gasteiger partial charge in [0, 0.05) is 0 Å². The third kappa shape index (κ3) is 7.38. The van der Waals surface area contributed by atoms with Crippen LogP contribution in [-0.2, 0) is 32.1 Å². The van der Waals surface area contributed by atoms with Crippen molar-refractivity contribution in [1.82, 2.24) is 15.4 Å². The molecule has 0 unspecified atom stereocenters. The predicted octanol–water partition coefficient (Wildman–Crippen LogP) is 9.97. The maximum Gasteiger partial charge on any atom is 0.0969 e. The molecule has 1 aliphatic rings. The average Bonchev–Trinajstić information content (AvgIpc) is 3.10. The molecule has 49 heavy (non-hydrogen) atoms. The third-order valence-corrected chi connectivity index (χ3v) is 9.76. The molecule has 0 saturated carbocycles. The van der Waals surface area contributed by atoms with Gasteiger partial charge in [0.2, 0.25) is 0 Å². The molecule has 0 atom stereocenters. The fourth-order valence-electron chi connectivity index (χ4n) is 7.31. The monoisotopic (exact) mass is 653 g/mol. The second-order valence-electron chi connectivity index (χ2n) is 13.3. The summed E-state index contributed by atoms with van der Waals surface area (Å²) in [6.07, 6.45) is 5.97. The highest BCUT2D eigenvalue weighted by atomic mass is 35.5. The van der Waals surface area contributed by atoms with Crippen LogP contribution in [0.4, 0.5) is 0 Å². The molecule has 12 bridgehead atoms. The molecule has 0 fully saturated rings. The Labute approximate surface area is 293 Å². The summed E-state index contributed by atoms with van der Waals surface area (Å²) >= 11 is 6.77. The van der Waals surface area contributed by atoms with E-state index in [1.807, 2.05) is 0 Å². The molecular weight excluding hydrogens is 618 g/mol. The van der Waals surface area contributed by atoms with Crippen molar-refractivity contribution >= 4 is 11.6 Å². The number of nitrogens with zero attached hydrogens (tertiary/aromatic N) is 3. The van der Waals surface area contributed by atoms with E-state index in [2.05, 4.69) is 161 Å². The summed E-state index contributed by atoms with van der Waals surface area (Å²) in [7, 11) is 0. The van der Waals surface area contributed by atoms with Crippen LogP contribution in [-0.4, -0.2) is 15.4 Å². The zero-order chi connectivity index (χ0) is 33.0. The minimum absolute atomic E-state index is 0.189. The fourth-order valence-corrected chi connectivity index (χ4v) is 7.50. The van der Waals surface area contributed by atoms with Crippen molar-refractivity contribution < 1.29 is 0 Å². The van der Waals surface area contributed by atoms with E-state index in [-0.39, 0.29) is 5.92 Å². The lowest BCUT2D eigenvalue weighted by atomic mass is 9.85. The maximum atomic E-state index is 6.77. The van der Waals surface area contributed by atoms with E-state index < -0.39 is 0 Å². The molecule has 0 saturated heterocycles. The Morgan fingerprint density at radius 2 is 0.714 bits per heavy atom. The number of aromatic nitrogens is 3. The first-order valence-corrected chi connectivity index (χ1v) is 17.3. The van der Waals surface area contributed by atoms with Gasteiger partial charge in [-0.25, -0.2) is 0 Å². The Bertz CT molecular complexity index is 2120. The van der Waals surface area contributed by atoms with Gasteiger partial charge in [-0.1, -0.05) is 157 Å². The highest BCUT2D eigenvalue weighted by molar-refractivity contribution is 6.31. The molecule has 0 spiro atoms. The number of halogens is 1. The van der Waals surface area contributed by atoms with Crippen molar-refractivity contribution in [2.45, 2.75) is 38.0 Å². The van der Waals surface area contributed by atoms with Crippen molar-refractivity contribution in [3.8, 4) is 0 Å². The van der Waals surface area contributed by atoms with Crippen molar-refractivity contribution in [3.05, 3.63) is 229 Å². The van der Waals surface area contributed by atoms with Crippen molar-refractivity contribution in [2.24, 2.45) is 0 Å². The van der Waals surface area contributed by atoms with Crippen molar-refractivity contribution in [3.63, 3.8) is 0 Å². The van der Waals surface area contributed by atoms with Gasteiger partial charge >= 0.3 is 0 Å². The number of hydrogen-bond acceptors (Lipinski definition) is 3. The van der Waals surface area contributed by atoms with Gasteiger partial charge in [-0.15, -0.1) is 10.2 Å². The quantitative estimate of drug-likeness (QED) is 0.177. The van der Waals surface area contributed by atoms with Crippen LogP contribution < -0.4 is 0 Å². The second-order valence-corrected chi connectivity index (χ2v) is 13.7. The Morgan fingerprint density at radius 1 is 0.408 bits per heavy atom. The van der Waals surface area contributed by atoms with Crippen LogP contribution in [0.25, 0.3) is 0 Å². The smallest absolute Gasteiger partial charge is 0.0969 e. The lowest BCUT2D eigenvalue weighted by molar-refractivity contribution is 0.783. The average molecular weight is 654 g/mol. The molecule has 3 nitrogen and oxygen atoms in total. The molecule has 8 rings (SSSR count). The molecule has 0 amide bonds. The molecule has 1 heterocycles. The first kappa shape index (κ1) is 30.9. The minimum atomic E-state index is -0.189. The van der Waals surface area contributed by atoms with Gasteiger partial charge in [0.1, 0.15) is 0 Å². The number of fused-ring (bicyclic) bond motifs is 12. The molecule has 0 radical (unpaired) electrons. The van der Waals surface area contributed by atoms with Gasteiger partial charge in [0.05, 0.1) is 22.8 Å². The van der Waals surface area contributed by atoms with Crippen molar-refractivity contribution in [1.29, 1.82) is 0 Å². The molecule has 1 aliphatic carbocycles. The van der Waals surface area contributed by atoms with E-state index in [1.165, 1.54) is 55.6 Å². The Hall–Kier alpha value is -5.38. The van der Waals surface area contributed by atoms with E-state index in [1.54, 1.807) is 6.20 Å². The van der Waals surface area contributed by atoms with E-state index in [0.29, 0.717) is 10.7 Å². The standard InChI is InChI=1S/C45H36ClN3/c46-43-30-47-49-48-45(43)44-41-17-5-15-39(28-41)26-37-13-3-11-35(24-37)22-33-9-1-7-31(20-33)19-32-8-2-10-34(21-32)23-36-12-4-14-38(25-36)27-40-16-6-18-42(44)29-40/h1-18,20-21,24-25,28-30,44H,19,22-23,26-27H2. The third-order valence-electron chi connectivity index (χ3n) is 9.47. The normalized spacial score (nSPS) is 13.3. The Morgan fingerprint density at radius 3 is 1.04 bits per heavy atom. The van der Waals surface area contributed by atoms with Crippen LogP contribution >= 0.6 is 11.6 Å². The zero-order valence-electron chi connectivity index (χ0n) is 27.3. The number of hydrogen-bond donors (Lipinski definition) is 0. The van der Waals surface area contributed by atoms with Gasteiger partial charge < -0.3 is 0 Å². The topological polar surface area (TPSA) is 38.7 Å². The maximum absolute atomic E-state index is 6.77. The summed E-state index contributed by atoms with van der Waals surface area (Å²) in [5.41, 5.74) is 16.0. The lowest BCUT2D eigenvalue weighted by Crippen LogP contribution is -2.09. The molecule has 4 heteroatoms. The van der Waals surface area contributed by atoms with Crippen LogP contribution in [0.5, 0.6) is 0 Å². The highest BCUT2D eigenvalue weighted by Gasteiger charge is 2.23. The summed E-state index contributed by atoms with van der Waals surface area (Å²) in [6, 6.07) is 53.8. The largest absolute Gasteiger partial charge is 0.137 e. The molecule has 6 aromatic carbocycles. The van der Waals surface area contributed by atoms with Gasteiger partial charge in [-0.05, 0) is 104 Å². The van der Waals surface area contributed by atoms with Gasteiger partial charge in [0.25, 0.3) is 0 Å². The lowest BCUT2D eigenvalue weighted by Gasteiger charge is -2.20. The Balaban J connectivity index is 1.23. The molecular formula is C45H36ClN3. The summed E-state index contributed by atoms with van der Waals surface area (Å²) in [4.78, 5) is 0. The highest BCUT2D eigenvalue weighted by Crippen LogP contribution is 2.35. The summed E-state index contributed by atoms with van der Waals surface area (Å²) in [5, 5.41) is 13.0. The van der Waals surface area contributed by atoms with Gasteiger partial charge in [-0.2, -0.15) is 0 Å². The van der Waals surface area contributed by atoms with E-state index >= 15 is 0 Å². The van der Waals surface area contributed by atoms with E-state index in [4.69, 9.17) is 11.6 Å². The SMILES string of the molecule is Clc1cnnnc1C1c2cccc(c2)Cc2cccc(c2)Cc2cccc(c2)Cc2cccc(c2)Cc2cccc(c2)Cc2cccc1c2. The van der Waals surface area contributed by atoms with E-state index in [9.17, 15) is 0 Å². The Kier molecular flexibility index (Phi) is 8.83. The van der Waals surface area contributed by atoms with Crippen LogP contribution in [0.2, 0.25) is 5.02 Å². The minimum Gasteiger partial charge on any atom is -0.137 e. The van der Waals surface area contributed by atoms with Gasteiger partial charge in [-0.3, -0.25) is 0 Å². The summed E-state index contributed by atoms with van der Waals surface area (Å²) < 4.78 is 0. The number of benzene rings is 6. The molecule has 1 aromatic heterocycles. The van der Waals surface area contributed by atoms with E-state index in [0.717, 1.165) is 43.2 Å².